The van der Waals surface area contributed by atoms with E-state index in [1.165, 1.54) is 18.9 Å². The number of nitrogens with one attached hydrogen (secondary N) is 1. The van der Waals surface area contributed by atoms with E-state index in [-0.39, 0.29) is 5.56 Å². The molecule has 0 bridgehead atoms. The van der Waals surface area contributed by atoms with Gasteiger partial charge in [-0.15, -0.1) is 11.8 Å². The number of aromatic amines is 1. The summed E-state index contributed by atoms with van der Waals surface area (Å²) < 4.78 is 15.8. The summed E-state index contributed by atoms with van der Waals surface area (Å²) in [5.41, 5.74) is 0.204. The summed E-state index contributed by atoms with van der Waals surface area (Å²) in [6.07, 6.45) is 0. The van der Waals surface area contributed by atoms with Crippen molar-refractivity contribution in [3.05, 3.63) is 46.0 Å². The Morgan fingerprint density at radius 3 is 2.44 bits per heavy atom. The van der Waals surface area contributed by atoms with Crippen LogP contribution in [0.15, 0.2) is 34.1 Å². The number of aromatic nitrogens is 2. The molecule has 25 heavy (non-hydrogen) atoms. The molecule has 0 fully saturated rings. The van der Waals surface area contributed by atoms with Gasteiger partial charge in [0, 0.05) is 11.4 Å². The lowest BCUT2D eigenvalue weighted by Gasteiger charge is -2.10. The van der Waals surface area contributed by atoms with Crippen molar-refractivity contribution < 1.29 is 19.0 Å². The van der Waals surface area contributed by atoms with E-state index in [9.17, 15) is 9.59 Å². The molecular formula is C17H20N2O5S. The molecule has 0 aliphatic carbocycles. The first kappa shape index (κ1) is 18.9. The molecule has 1 aromatic heterocycles. The van der Waals surface area contributed by atoms with Crippen LogP contribution < -0.4 is 15.2 Å². The summed E-state index contributed by atoms with van der Waals surface area (Å²) in [6.45, 7) is 4.57. The zero-order valence-corrected chi connectivity index (χ0v) is 15.1. The van der Waals surface area contributed by atoms with Crippen LogP contribution in [0, 0.1) is 6.92 Å². The Morgan fingerprint density at radius 2 is 1.84 bits per heavy atom. The van der Waals surface area contributed by atoms with Gasteiger partial charge in [0.2, 0.25) is 0 Å². The Balaban J connectivity index is 1.95. The number of carbonyl (C=O) groups is 1. The van der Waals surface area contributed by atoms with Crippen LogP contribution in [0.4, 0.5) is 0 Å². The van der Waals surface area contributed by atoms with Gasteiger partial charge in [0.25, 0.3) is 0 Å². The highest BCUT2D eigenvalue weighted by atomic mass is 32.2. The average Bonchev–Trinajstić information content (AvgIpc) is 2.59. The van der Waals surface area contributed by atoms with Gasteiger partial charge in [-0.3, -0.25) is 0 Å². The Hall–Kier alpha value is -2.48. The smallest absolute Gasteiger partial charge is 0.346 e. The predicted octanol–water partition coefficient (Wildman–Crippen LogP) is 2.43. The Morgan fingerprint density at radius 1 is 1.20 bits per heavy atom. The van der Waals surface area contributed by atoms with Crippen molar-refractivity contribution >= 4 is 17.7 Å². The summed E-state index contributed by atoms with van der Waals surface area (Å²) in [5, 5.41) is 0.336. The lowest BCUT2D eigenvalue weighted by atomic mass is 10.2. The van der Waals surface area contributed by atoms with Gasteiger partial charge in [0.05, 0.1) is 20.3 Å². The number of thioether (sulfide) groups is 1. The molecule has 1 aromatic carbocycles. The molecule has 0 unspecified atom stereocenters. The van der Waals surface area contributed by atoms with E-state index >= 15 is 0 Å². The Labute approximate surface area is 149 Å². The maximum absolute atomic E-state index is 11.9. The largest absolute Gasteiger partial charge is 0.494 e. The van der Waals surface area contributed by atoms with Crippen molar-refractivity contribution in [1.82, 2.24) is 9.97 Å². The highest BCUT2D eigenvalue weighted by Crippen LogP contribution is 2.22. The van der Waals surface area contributed by atoms with Gasteiger partial charge in [0.15, 0.2) is 0 Å². The number of carbonyl (C=O) groups excluding carboxylic acids is 1. The third-order valence-corrected chi connectivity index (χ3v) is 4.14. The molecule has 2 rings (SSSR count). The monoisotopic (exact) mass is 364 g/mol. The van der Waals surface area contributed by atoms with E-state index in [1.54, 1.807) is 6.92 Å². The van der Waals surface area contributed by atoms with Crippen molar-refractivity contribution in [2.75, 3.05) is 26.1 Å². The Kier molecular flexibility index (Phi) is 6.88. The fourth-order valence-electron chi connectivity index (χ4n) is 2.10. The fraction of sp³-hybridized carbons (Fsp3) is 0.353. The number of H-pyrrole nitrogens is 1. The second kappa shape index (κ2) is 9.12. The van der Waals surface area contributed by atoms with Crippen molar-refractivity contribution in [3.63, 3.8) is 0 Å². The first-order chi connectivity index (χ1) is 12.0. The molecule has 0 radical (unpaired) electrons. The normalized spacial score (nSPS) is 10.4. The van der Waals surface area contributed by atoms with E-state index < -0.39 is 11.7 Å². The summed E-state index contributed by atoms with van der Waals surface area (Å²) >= 11 is 1.27. The number of hydrogen-bond donors (Lipinski definition) is 1. The minimum Gasteiger partial charge on any atom is -0.494 e. The number of esters is 1. The number of benzene rings is 1. The lowest BCUT2D eigenvalue weighted by Crippen LogP contribution is -2.19. The molecule has 0 spiro atoms. The van der Waals surface area contributed by atoms with Gasteiger partial charge >= 0.3 is 11.7 Å². The molecule has 2 aromatic rings. The maximum Gasteiger partial charge on any atom is 0.346 e. The quantitative estimate of drug-likeness (QED) is 0.333. The molecule has 134 valence electrons. The minimum absolute atomic E-state index is 0.271. The summed E-state index contributed by atoms with van der Waals surface area (Å²) in [6, 6.07) is 7.32. The van der Waals surface area contributed by atoms with E-state index in [2.05, 4.69) is 9.97 Å². The van der Waals surface area contributed by atoms with E-state index in [1.807, 2.05) is 31.2 Å². The van der Waals surface area contributed by atoms with Crippen LogP contribution in [0.25, 0.3) is 0 Å². The SMILES string of the molecule is CCOc1ccc(OCCSc2nc(=O)[nH]c(C)c2C(=O)OC)cc1. The minimum atomic E-state index is -0.531. The molecule has 8 heteroatoms. The van der Waals surface area contributed by atoms with E-state index in [0.717, 1.165) is 5.75 Å². The van der Waals surface area contributed by atoms with Crippen molar-refractivity contribution in [2.45, 2.75) is 18.9 Å². The molecular weight excluding hydrogens is 344 g/mol. The molecule has 0 amide bonds. The second-order valence-corrected chi connectivity index (χ2v) is 6.02. The molecule has 0 saturated heterocycles. The highest BCUT2D eigenvalue weighted by molar-refractivity contribution is 7.99. The molecule has 0 saturated carbocycles. The number of methoxy groups -OCH3 is 1. The summed E-state index contributed by atoms with van der Waals surface area (Å²) in [5.74, 6) is 1.49. The summed E-state index contributed by atoms with van der Waals surface area (Å²) in [7, 11) is 1.29. The van der Waals surface area contributed by atoms with E-state index in [4.69, 9.17) is 14.2 Å². The van der Waals surface area contributed by atoms with Crippen LogP contribution in [0.2, 0.25) is 0 Å². The van der Waals surface area contributed by atoms with Gasteiger partial charge in [-0.1, -0.05) is 0 Å². The van der Waals surface area contributed by atoms with Gasteiger partial charge in [-0.2, -0.15) is 4.98 Å². The topological polar surface area (TPSA) is 90.5 Å². The molecule has 0 aliphatic rings. The van der Waals surface area contributed by atoms with Gasteiger partial charge in [-0.05, 0) is 38.1 Å². The zero-order valence-electron chi connectivity index (χ0n) is 14.3. The van der Waals surface area contributed by atoms with E-state index in [0.29, 0.717) is 35.4 Å². The maximum atomic E-state index is 11.9. The molecule has 1 heterocycles. The van der Waals surface area contributed by atoms with Crippen LogP contribution in [0.5, 0.6) is 11.5 Å². The number of aryl methyl sites for hydroxylation is 1. The zero-order chi connectivity index (χ0) is 18.2. The van der Waals surface area contributed by atoms with Crippen LogP contribution in [0.1, 0.15) is 23.0 Å². The highest BCUT2D eigenvalue weighted by Gasteiger charge is 2.18. The van der Waals surface area contributed by atoms with Crippen LogP contribution in [-0.4, -0.2) is 42.0 Å². The third kappa shape index (κ3) is 5.25. The first-order valence-corrected chi connectivity index (χ1v) is 8.71. The second-order valence-electron chi connectivity index (χ2n) is 4.94. The van der Waals surface area contributed by atoms with Crippen LogP contribution in [0.3, 0.4) is 0 Å². The molecule has 1 N–H and O–H groups in total. The third-order valence-electron chi connectivity index (χ3n) is 3.20. The van der Waals surface area contributed by atoms with Crippen LogP contribution in [-0.2, 0) is 4.74 Å². The fourth-order valence-corrected chi connectivity index (χ4v) is 2.99. The van der Waals surface area contributed by atoms with Crippen molar-refractivity contribution in [3.8, 4) is 11.5 Å². The Bertz CT molecular complexity index is 774. The average molecular weight is 364 g/mol. The van der Waals surface area contributed by atoms with Crippen molar-refractivity contribution in [2.24, 2.45) is 0 Å². The standard InChI is InChI=1S/C17H20N2O5S/c1-4-23-12-5-7-13(8-6-12)24-9-10-25-15-14(16(20)22-3)11(2)18-17(21)19-15/h5-8H,4,9-10H2,1-3H3,(H,18,19,21). The molecule has 7 nitrogen and oxygen atoms in total. The number of nitrogens with zero attached hydrogens (tertiary/aromatic N) is 1. The molecule has 0 atom stereocenters. The number of rotatable bonds is 8. The molecule has 0 aliphatic heterocycles. The lowest BCUT2D eigenvalue weighted by molar-refractivity contribution is 0.0594. The predicted molar refractivity (Wildman–Crippen MR) is 94.8 cm³/mol. The van der Waals surface area contributed by atoms with Gasteiger partial charge in [0.1, 0.15) is 22.1 Å². The first-order valence-electron chi connectivity index (χ1n) is 7.72. The van der Waals surface area contributed by atoms with Gasteiger partial charge < -0.3 is 19.2 Å². The van der Waals surface area contributed by atoms with Crippen LogP contribution >= 0.6 is 11.8 Å². The van der Waals surface area contributed by atoms with Gasteiger partial charge in [-0.25, -0.2) is 9.59 Å². The summed E-state index contributed by atoms with van der Waals surface area (Å²) in [4.78, 5) is 29.8. The van der Waals surface area contributed by atoms with Crippen molar-refractivity contribution in [1.29, 1.82) is 0 Å². The number of hydrogen-bond acceptors (Lipinski definition) is 7. The number of ether oxygens (including phenoxy) is 3.